The first-order valence-electron chi connectivity index (χ1n) is 18.3. The molecule has 328 valence electrons. The lowest BCUT2D eigenvalue weighted by Gasteiger charge is -2.13. The number of benzene rings is 3. The van der Waals surface area contributed by atoms with Gasteiger partial charge in [0.25, 0.3) is 30.4 Å². The van der Waals surface area contributed by atoms with E-state index in [0.717, 1.165) is 18.5 Å². The number of aryl methyl sites for hydroxylation is 2. The molecule has 12 nitrogen and oxygen atoms in total. The first-order valence-corrected chi connectivity index (χ1v) is 25.0. The summed E-state index contributed by atoms with van der Waals surface area (Å²) in [6.45, 7) is 24.0. The summed E-state index contributed by atoms with van der Waals surface area (Å²) in [7, 11) is -11.0. The molecule has 0 saturated carbocycles. The fraction of sp³-hybridized carbons (Fsp3) is 0.538. The molecule has 3 aromatic rings. The zero-order valence-corrected chi connectivity index (χ0v) is 39.6. The van der Waals surface area contributed by atoms with E-state index in [1.165, 1.54) is 36.8 Å². The average molecular weight is 865 g/mol. The van der Waals surface area contributed by atoms with Crippen LogP contribution >= 0.6 is 12.0 Å². The molecule has 0 saturated heterocycles. The third kappa shape index (κ3) is 89.8. The lowest BCUT2D eigenvalue weighted by Crippen LogP contribution is -2.00. The molecule has 4 N–H and O–H groups in total. The molecule has 55 heavy (non-hydrogen) atoms. The minimum atomic E-state index is -3.67. The third-order valence-electron chi connectivity index (χ3n) is 4.45. The zero-order valence-electron chi connectivity index (χ0n) is 36.3. The Morgan fingerprint density at radius 2 is 0.709 bits per heavy atom. The fourth-order valence-corrected chi connectivity index (χ4v) is 3.19. The summed E-state index contributed by atoms with van der Waals surface area (Å²) < 4.78 is 81.4. The maximum atomic E-state index is 9.19. The predicted octanol–water partition coefficient (Wildman–Crippen LogP) is 11.2. The normalized spacial score (nSPS) is 9.89. The lowest BCUT2D eigenvalue weighted by atomic mass is 9.92. The number of hydrogen-bond acceptors (Lipinski definition) is 10. The topological polar surface area (TPSA) is 202 Å². The second kappa shape index (κ2) is 53.7. The molecule has 0 aromatic heterocycles. The van der Waals surface area contributed by atoms with Crippen molar-refractivity contribution in [2.75, 3.05) is 25.0 Å². The summed E-state index contributed by atoms with van der Waals surface area (Å²) in [6, 6.07) is 29.9. The fourth-order valence-electron chi connectivity index (χ4n) is 3.13. The van der Waals surface area contributed by atoms with Gasteiger partial charge in [-0.15, -0.1) is 4.33 Å². The van der Waals surface area contributed by atoms with Gasteiger partial charge in [-0.1, -0.05) is 173 Å². The van der Waals surface area contributed by atoms with Gasteiger partial charge in [-0.05, 0) is 54.4 Å². The van der Waals surface area contributed by atoms with Gasteiger partial charge >= 0.3 is 0 Å². The highest BCUT2D eigenvalue weighted by molar-refractivity contribution is 7.93. The second-order valence-electron chi connectivity index (χ2n) is 8.63. The molecule has 0 unspecified atom stereocenters. The molecule has 0 spiro atoms. The molecule has 0 fully saturated rings. The smallest absolute Gasteiger partial charge is 0.261 e. The van der Waals surface area contributed by atoms with Gasteiger partial charge in [-0.3, -0.25) is 13.7 Å². The maximum Gasteiger partial charge on any atom is 0.261 e. The first kappa shape index (κ1) is 70.4. The van der Waals surface area contributed by atoms with E-state index < -0.39 is 30.4 Å². The van der Waals surface area contributed by atoms with Crippen molar-refractivity contribution >= 4 is 42.4 Å². The Morgan fingerprint density at radius 3 is 0.891 bits per heavy atom. The van der Waals surface area contributed by atoms with Crippen LogP contribution in [0.3, 0.4) is 0 Å². The van der Waals surface area contributed by atoms with Crippen LogP contribution < -0.4 is 0 Å². The molecule has 1 aliphatic carbocycles. The van der Waals surface area contributed by atoms with Gasteiger partial charge in [0.05, 0.1) is 18.8 Å². The van der Waals surface area contributed by atoms with Crippen molar-refractivity contribution in [1.29, 1.82) is 0 Å². The van der Waals surface area contributed by atoms with Crippen molar-refractivity contribution in [3.63, 3.8) is 0 Å². The molecular weight excluding hydrogens is 789 g/mol. The van der Waals surface area contributed by atoms with E-state index >= 15 is 0 Å². The van der Waals surface area contributed by atoms with Gasteiger partial charge in [-0.25, -0.2) is 5.26 Å². The van der Waals surface area contributed by atoms with E-state index in [2.05, 4.69) is 94.3 Å². The van der Waals surface area contributed by atoms with Crippen LogP contribution in [0.15, 0.2) is 84.9 Å². The van der Waals surface area contributed by atoms with Crippen molar-refractivity contribution in [3.05, 3.63) is 107 Å². The summed E-state index contributed by atoms with van der Waals surface area (Å²) in [6.07, 6.45) is 10.2. The van der Waals surface area contributed by atoms with E-state index in [1.807, 2.05) is 83.1 Å². The highest BCUT2D eigenvalue weighted by atomic mass is 32.2. The van der Waals surface area contributed by atoms with E-state index in [-0.39, 0.29) is 0 Å². The monoisotopic (exact) mass is 864 g/mol. The minimum Gasteiger partial charge on any atom is -0.286 e. The quantitative estimate of drug-likeness (QED) is 0.0836. The van der Waals surface area contributed by atoms with Crippen molar-refractivity contribution in [3.8, 4) is 0 Å². The van der Waals surface area contributed by atoms with Crippen LogP contribution in [0.2, 0.25) is 0 Å². The number of rotatable bonds is 4. The lowest BCUT2D eigenvalue weighted by molar-refractivity contribution is -0.432. The molecule has 3 aromatic carbocycles. The molecule has 0 atom stereocenters. The Labute approximate surface area is 341 Å². The average Bonchev–Trinajstić information content (AvgIpc) is 3.16. The van der Waals surface area contributed by atoms with Crippen molar-refractivity contribution in [1.82, 2.24) is 0 Å². The summed E-state index contributed by atoms with van der Waals surface area (Å²) in [4.78, 5) is 0. The number of hydrogen-bond donors (Lipinski definition) is 4. The molecular formula is C39H76O12S4. The molecule has 4 rings (SSSR count). The molecule has 0 heterocycles. The van der Waals surface area contributed by atoms with Crippen LogP contribution in [-0.4, -0.2) is 69.2 Å². The van der Waals surface area contributed by atoms with Crippen LogP contribution in [0, 0.1) is 0 Å². The Bertz CT molecular complexity index is 1280. The highest BCUT2D eigenvalue weighted by Gasteiger charge is 2.06. The van der Waals surface area contributed by atoms with Crippen LogP contribution in [-0.2, 0) is 59.0 Å². The van der Waals surface area contributed by atoms with Gasteiger partial charge < -0.3 is 0 Å². The molecule has 0 aliphatic heterocycles. The second-order valence-corrected chi connectivity index (χ2v) is 13.5. The Hall–Kier alpha value is -2.38. The van der Waals surface area contributed by atoms with Crippen molar-refractivity contribution in [2.45, 2.75) is 115 Å². The standard InChI is InChI=1S/C13H12.C10H12.6C2H6.4CH4O3S/c1-3-7-12(8-4-1)11-13-9-5-2-6-10-13;1-2-6-10-8-4-3-7-9(10)5-1;6*1-2;3*1-5(2,3)4;1-5-4-3-2/h1-10H,11H2;1-2,5-6H,3-4,7-8H2;6*1-2H3;3*1H3,(H,2,3,4);2H,1H3. The van der Waals surface area contributed by atoms with Gasteiger partial charge in [-0.2, -0.15) is 25.3 Å². The summed E-state index contributed by atoms with van der Waals surface area (Å²) in [5, 5.41) is 10.5. The summed E-state index contributed by atoms with van der Waals surface area (Å²) in [5.41, 5.74) is 5.89. The van der Waals surface area contributed by atoms with Crippen LogP contribution in [0.1, 0.15) is 118 Å². The Morgan fingerprint density at radius 1 is 0.491 bits per heavy atom. The van der Waals surface area contributed by atoms with Gasteiger partial charge in [0, 0.05) is 18.3 Å². The first-order chi connectivity index (χ1) is 25.8. The maximum absolute atomic E-state index is 9.19. The molecule has 0 amide bonds. The Kier molecular flexibility index (Phi) is 68.8. The summed E-state index contributed by atoms with van der Waals surface area (Å²) >= 11 is 0.929. The molecule has 0 radical (unpaired) electrons. The van der Waals surface area contributed by atoms with E-state index in [9.17, 15) is 25.3 Å². The van der Waals surface area contributed by atoms with E-state index in [0.29, 0.717) is 18.8 Å². The largest absolute Gasteiger partial charge is 0.286 e. The zero-order chi connectivity index (χ0) is 45.4. The highest BCUT2D eigenvalue weighted by Crippen LogP contribution is 2.19. The van der Waals surface area contributed by atoms with Crippen molar-refractivity contribution in [2.24, 2.45) is 0 Å². The molecule has 16 heteroatoms. The van der Waals surface area contributed by atoms with E-state index in [4.69, 9.17) is 18.9 Å². The van der Waals surface area contributed by atoms with E-state index in [1.54, 1.807) is 17.4 Å². The van der Waals surface area contributed by atoms with Crippen molar-refractivity contribution < 1.29 is 53.5 Å². The van der Waals surface area contributed by atoms with Gasteiger partial charge in [0.15, 0.2) is 0 Å². The third-order valence-corrected chi connectivity index (χ3v) is 4.65. The van der Waals surface area contributed by atoms with Crippen LogP contribution in [0.5, 0.6) is 0 Å². The van der Waals surface area contributed by atoms with Crippen LogP contribution in [0.25, 0.3) is 0 Å². The molecule has 1 aliphatic rings. The minimum absolute atomic E-state index is 0.715. The Balaban J connectivity index is -0.0000000792. The predicted molar refractivity (Wildman–Crippen MR) is 238 cm³/mol. The van der Waals surface area contributed by atoms with Gasteiger partial charge in [0.2, 0.25) is 0 Å². The SMILES string of the molecule is CC.CC.CC.CC.CC.CC.CS(=O)(=O)O.CS(=O)(=O)O.CS(=O)(=O)O.CSOOO.c1ccc(Cc2ccccc2)cc1.c1ccc2c(c1)CCCC2. The van der Waals surface area contributed by atoms with Gasteiger partial charge in [0.1, 0.15) is 0 Å². The van der Waals surface area contributed by atoms with Crippen LogP contribution in [0.4, 0.5) is 0 Å². The number of fused-ring (bicyclic) bond motifs is 1. The summed E-state index contributed by atoms with van der Waals surface area (Å²) in [5.74, 6) is 0. The molecule has 0 bridgehead atoms.